The lowest BCUT2D eigenvalue weighted by Crippen LogP contribution is -2.22. The lowest BCUT2D eigenvalue weighted by atomic mass is 10.1. The van der Waals surface area contributed by atoms with Gasteiger partial charge in [0, 0.05) is 12.0 Å². The standard InChI is InChI=1S/C14H17NO.2C2H6/c1-3-12-7-9-13(10-8-12)6-5-11-15-14(16)4-2;2*1-2/h7-10H,3-4,11H2,1-2H3,(H,15,16);2*1-2H3. The molecule has 20 heavy (non-hydrogen) atoms. The van der Waals surface area contributed by atoms with Crippen LogP contribution in [0.3, 0.4) is 0 Å². The van der Waals surface area contributed by atoms with E-state index in [1.165, 1.54) is 5.56 Å². The average molecular weight is 275 g/mol. The number of nitrogens with one attached hydrogen (secondary N) is 1. The number of aryl methyl sites for hydroxylation is 1. The molecule has 1 aromatic rings. The first kappa shape index (κ1) is 20.6. The van der Waals surface area contributed by atoms with Gasteiger partial charge in [-0.1, -0.05) is 65.5 Å². The fraction of sp³-hybridized carbons (Fsp3) is 0.500. The molecule has 0 fully saturated rings. The van der Waals surface area contributed by atoms with Crippen LogP contribution in [0.5, 0.6) is 0 Å². The molecule has 0 aromatic heterocycles. The molecular weight excluding hydrogens is 246 g/mol. The van der Waals surface area contributed by atoms with E-state index in [1.807, 2.05) is 46.8 Å². The van der Waals surface area contributed by atoms with E-state index in [0.29, 0.717) is 13.0 Å². The van der Waals surface area contributed by atoms with Crippen LogP contribution < -0.4 is 5.32 Å². The van der Waals surface area contributed by atoms with Crippen LogP contribution in [0.1, 0.15) is 59.1 Å². The van der Waals surface area contributed by atoms with Crippen molar-refractivity contribution in [3.63, 3.8) is 0 Å². The van der Waals surface area contributed by atoms with E-state index in [0.717, 1.165) is 12.0 Å². The maximum Gasteiger partial charge on any atom is 0.220 e. The molecule has 1 N–H and O–H groups in total. The molecule has 0 aliphatic carbocycles. The molecule has 0 unspecified atom stereocenters. The third-order valence-electron chi connectivity index (χ3n) is 2.29. The summed E-state index contributed by atoms with van der Waals surface area (Å²) in [6, 6.07) is 8.17. The van der Waals surface area contributed by atoms with Gasteiger partial charge in [-0.3, -0.25) is 4.79 Å². The lowest BCUT2D eigenvalue weighted by molar-refractivity contribution is -0.120. The molecule has 0 atom stereocenters. The SMILES string of the molecule is CC.CC.CCC(=O)NCC#Cc1ccc(CC)cc1. The Labute approximate surface area is 125 Å². The minimum absolute atomic E-state index is 0.0376. The lowest BCUT2D eigenvalue weighted by Gasteiger charge is -1.96. The van der Waals surface area contributed by atoms with Crippen LogP contribution in [0.2, 0.25) is 0 Å². The molecule has 0 saturated carbocycles. The maximum absolute atomic E-state index is 10.9. The van der Waals surface area contributed by atoms with E-state index >= 15 is 0 Å². The number of hydrogen-bond donors (Lipinski definition) is 1. The molecule has 0 radical (unpaired) electrons. The topological polar surface area (TPSA) is 29.1 Å². The molecule has 0 spiro atoms. The summed E-state index contributed by atoms with van der Waals surface area (Å²) in [6.07, 6.45) is 1.55. The van der Waals surface area contributed by atoms with Crippen LogP contribution in [0, 0.1) is 11.8 Å². The second-order valence-corrected chi connectivity index (χ2v) is 3.48. The zero-order valence-electron chi connectivity index (χ0n) is 13.8. The van der Waals surface area contributed by atoms with Crippen LogP contribution in [0.25, 0.3) is 0 Å². The van der Waals surface area contributed by atoms with Gasteiger partial charge in [0.25, 0.3) is 0 Å². The normalized spacial score (nSPS) is 7.90. The first-order valence-corrected chi connectivity index (χ1v) is 7.60. The van der Waals surface area contributed by atoms with E-state index in [9.17, 15) is 4.79 Å². The zero-order chi connectivity index (χ0) is 15.8. The van der Waals surface area contributed by atoms with Crippen molar-refractivity contribution in [2.24, 2.45) is 0 Å². The minimum Gasteiger partial charge on any atom is -0.345 e. The fourth-order valence-corrected chi connectivity index (χ4v) is 1.24. The number of amides is 1. The Morgan fingerprint density at radius 2 is 1.60 bits per heavy atom. The van der Waals surface area contributed by atoms with Crippen molar-refractivity contribution in [1.29, 1.82) is 0 Å². The number of carbonyl (C=O) groups is 1. The van der Waals surface area contributed by atoms with Crippen LogP contribution in [0.15, 0.2) is 24.3 Å². The largest absolute Gasteiger partial charge is 0.345 e. The number of hydrogen-bond acceptors (Lipinski definition) is 1. The monoisotopic (exact) mass is 275 g/mol. The Hall–Kier alpha value is -1.75. The molecule has 1 aromatic carbocycles. The number of benzene rings is 1. The average Bonchev–Trinajstić information content (AvgIpc) is 2.55. The first-order chi connectivity index (χ1) is 9.76. The molecule has 2 heteroatoms. The Balaban J connectivity index is 0. The van der Waals surface area contributed by atoms with Crippen LogP contribution in [0.4, 0.5) is 0 Å². The molecule has 0 bridgehead atoms. The summed E-state index contributed by atoms with van der Waals surface area (Å²) in [5.41, 5.74) is 2.30. The van der Waals surface area contributed by atoms with Gasteiger partial charge in [0.05, 0.1) is 6.54 Å². The number of rotatable bonds is 3. The Morgan fingerprint density at radius 1 is 1.05 bits per heavy atom. The predicted molar refractivity (Wildman–Crippen MR) is 88.7 cm³/mol. The summed E-state index contributed by atoms with van der Waals surface area (Å²) in [4.78, 5) is 10.9. The summed E-state index contributed by atoms with van der Waals surface area (Å²) in [6.45, 7) is 12.4. The minimum atomic E-state index is 0.0376. The van der Waals surface area contributed by atoms with Gasteiger partial charge in [-0.2, -0.15) is 0 Å². The van der Waals surface area contributed by atoms with Crippen molar-refractivity contribution in [1.82, 2.24) is 5.32 Å². The quantitative estimate of drug-likeness (QED) is 0.824. The second-order valence-electron chi connectivity index (χ2n) is 3.48. The summed E-state index contributed by atoms with van der Waals surface area (Å²) < 4.78 is 0. The summed E-state index contributed by atoms with van der Waals surface area (Å²) in [7, 11) is 0. The molecule has 112 valence electrons. The Morgan fingerprint density at radius 3 is 2.05 bits per heavy atom. The first-order valence-electron chi connectivity index (χ1n) is 7.60. The summed E-state index contributed by atoms with van der Waals surface area (Å²) in [5, 5.41) is 2.71. The van der Waals surface area contributed by atoms with Crippen LogP contribution in [-0.4, -0.2) is 12.5 Å². The van der Waals surface area contributed by atoms with Gasteiger partial charge in [-0.05, 0) is 24.1 Å². The highest BCUT2D eigenvalue weighted by molar-refractivity contribution is 5.75. The molecule has 1 rings (SSSR count). The van der Waals surface area contributed by atoms with Gasteiger partial charge in [0.2, 0.25) is 5.91 Å². The molecule has 1 amide bonds. The molecule has 2 nitrogen and oxygen atoms in total. The third kappa shape index (κ3) is 10.2. The molecule has 0 aliphatic rings. The van der Waals surface area contributed by atoms with E-state index in [1.54, 1.807) is 0 Å². The highest BCUT2D eigenvalue weighted by Crippen LogP contribution is 2.03. The zero-order valence-corrected chi connectivity index (χ0v) is 13.8. The van der Waals surface area contributed by atoms with Crippen molar-refractivity contribution in [3.05, 3.63) is 35.4 Å². The van der Waals surface area contributed by atoms with Crippen molar-refractivity contribution >= 4 is 5.91 Å². The maximum atomic E-state index is 10.9. The number of carbonyl (C=O) groups excluding carboxylic acids is 1. The third-order valence-corrected chi connectivity index (χ3v) is 2.29. The van der Waals surface area contributed by atoms with Crippen molar-refractivity contribution in [2.75, 3.05) is 6.54 Å². The smallest absolute Gasteiger partial charge is 0.220 e. The highest BCUT2D eigenvalue weighted by atomic mass is 16.1. The van der Waals surface area contributed by atoms with Crippen LogP contribution in [-0.2, 0) is 11.2 Å². The van der Waals surface area contributed by atoms with E-state index < -0.39 is 0 Å². The van der Waals surface area contributed by atoms with E-state index in [2.05, 4.69) is 36.2 Å². The second kappa shape index (κ2) is 15.3. The van der Waals surface area contributed by atoms with Crippen molar-refractivity contribution < 1.29 is 4.79 Å². The molecule has 0 aliphatic heterocycles. The predicted octanol–water partition coefficient (Wildman–Crippen LogP) is 4.18. The van der Waals surface area contributed by atoms with Gasteiger partial charge in [-0.15, -0.1) is 0 Å². The summed E-state index contributed by atoms with van der Waals surface area (Å²) >= 11 is 0. The van der Waals surface area contributed by atoms with Gasteiger partial charge >= 0.3 is 0 Å². The van der Waals surface area contributed by atoms with E-state index in [4.69, 9.17) is 0 Å². The van der Waals surface area contributed by atoms with Crippen molar-refractivity contribution in [2.45, 2.75) is 54.4 Å². The van der Waals surface area contributed by atoms with Gasteiger partial charge in [0.15, 0.2) is 0 Å². The molecular formula is C18H29NO. The highest BCUT2D eigenvalue weighted by Gasteiger charge is 1.91. The Bertz CT molecular complexity index is 396. The van der Waals surface area contributed by atoms with Gasteiger partial charge in [-0.25, -0.2) is 0 Å². The molecule has 0 saturated heterocycles. The Kier molecular flexibility index (Phi) is 15.7. The van der Waals surface area contributed by atoms with Crippen molar-refractivity contribution in [3.8, 4) is 11.8 Å². The van der Waals surface area contributed by atoms with Crippen LogP contribution >= 0.6 is 0 Å². The van der Waals surface area contributed by atoms with E-state index in [-0.39, 0.29) is 5.91 Å². The molecule has 0 heterocycles. The van der Waals surface area contributed by atoms with Gasteiger partial charge in [0.1, 0.15) is 0 Å². The fourth-order valence-electron chi connectivity index (χ4n) is 1.24. The summed E-state index contributed by atoms with van der Waals surface area (Å²) in [5.74, 6) is 5.97. The van der Waals surface area contributed by atoms with Gasteiger partial charge < -0.3 is 5.32 Å².